The van der Waals surface area contributed by atoms with Gasteiger partial charge in [-0.05, 0) is 54.9 Å². The molecule has 0 amide bonds. The smallest absolute Gasteiger partial charge is 0.341 e. The fourth-order valence-corrected chi connectivity index (χ4v) is 3.94. The van der Waals surface area contributed by atoms with Crippen molar-refractivity contribution < 1.29 is 24.0 Å². The molecule has 1 heterocycles. The molecule has 1 aliphatic carbocycles. The Morgan fingerprint density at radius 2 is 2.13 bits per heavy atom. The van der Waals surface area contributed by atoms with Crippen LogP contribution < -0.4 is 4.74 Å². The molecular formula is C22H20N2O6. The Labute approximate surface area is 172 Å². The van der Waals surface area contributed by atoms with Crippen LogP contribution in [0.3, 0.4) is 0 Å². The van der Waals surface area contributed by atoms with Crippen LogP contribution in [0.5, 0.6) is 5.75 Å². The number of carboxylic acid groups (broad SMARTS) is 1. The molecule has 8 heteroatoms. The summed E-state index contributed by atoms with van der Waals surface area (Å²) >= 11 is 0. The van der Waals surface area contributed by atoms with Gasteiger partial charge >= 0.3 is 5.97 Å². The number of benzene rings is 2. The molecule has 30 heavy (non-hydrogen) atoms. The monoisotopic (exact) mass is 408 g/mol. The molecule has 0 fully saturated rings. The van der Waals surface area contributed by atoms with Crippen LogP contribution in [0.2, 0.25) is 0 Å². The van der Waals surface area contributed by atoms with E-state index in [1.54, 1.807) is 24.5 Å². The summed E-state index contributed by atoms with van der Waals surface area (Å²) in [7, 11) is 0. The number of non-ortho nitro benzene ring substituents is 1. The van der Waals surface area contributed by atoms with Crippen molar-refractivity contribution in [1.29, 1.82) is 0 Å². The number of oxazole rings is 1. The van der Waals surface area contributed by atoms with Crippen LogP contribution in [0, 0.1) is 10.1 Å². The maximum Gasteiger partial charge on any atom is 0.341 e. The minimum Gasteiger partial charge on any atom is -0.482 e. The number of carboxylic acids is 1. The molecule has 0 saturated heterocycles. The van der Waals surface area contributed by atoms with Crippen molar-refractivity contribution in [3.8, 4) is 17.2 Å². The highest BCUT2D eigenvalue weighted by molar-refractivity contribution is 5.68. The van der Waals surface area contributed by atoms with Crippen LogP contribution in [-0.2, 0) is 17.6 Å². The molecule has 0 radical (unpaired) electrons. The van der Waals surface area contributed by atoms with Crippen LogP contribution in [0.1, 0.15) is 35.6 Å². The zero-order chi connectivity index (χ0) is 21.1. The second-order valence-electron chi connectivity index (χ2n) is 7.25. The average Bonchev–Trinajstić information content (AvgIpc) is 3.21. The summed E-state index contributed by atoms with van der Waals surface area (Å²) in [5.41, 5.74) is 3.51. The highest BCUT2D eigenvalue weighted by Gasteiger charge is 2.24. The Kier molecular flexibility index (Phi) is 5.47. The van der Waals surface area contributed by atoms with E-state index in [2.05, 4.69) is 4.98 Å². The molecule has 0 bridgehead atoms. The lowest BCUT2D eigenvalue weighted by molar-refractivity contribution is -0.384. The lowest BCUT2D eigenvalue weighted by Gasteiger charge is -2.26. The SMILES string of the molecule is O=C(O)COc1cccc2c1CCCC2Cc1coc(-c2cccc([N+](=O)[O-])c2)n1. The molecule has 154 valence electrons. The number of carbonyl (C=O) groups is 1. The van der Waals surface area contributed by atoms with Crippen molar-refractivity contribution >= 4 is 11.7 Å². The lowest BCUT2D eigenvalue weighted by Crippen LogP contribution is -2.16. The molecule has 4 rings (SSSR count). The van der Waals surface area contributed by atoms with Gasteiger partial charge in [-0.1, -0.05) is 18.2 Å². The van der Waals surface area contributed by atoms with Gasteiger partial charge in [-0.2, -0.15) is 0 Å². The van der Waals surface area contributed by atoms with Gasteiger partial charge in [0.05, 0.1) is 10.6 Å². The van der Waals surface area contributed by atoms with Crippen LogP contribution in [0.15, 0.2) is 53.1 Å². The topological polar surface area (TPSA) is 116 Å². The fourth-order valence-electron chi connectivity index (χ4n) is 3.94. The Balaban J connectivity index is 1.54. The number of rotatable bonds is 7. The normalized spacial score (nSPS) is 15.4. The highest BCUT2D eigenvalue weighted by Crippen LogP contribution is 2.38. The largest absolute Gasteiger partial charge is 0.482 e. The molecule has 1 unspecified atom stereocenters. The van der Waals surface area contributed by atoms with Crippen molar-refractivity contribution in [2.45, 2.75) is 31.6 Å². The molecule has 0 spiro atoms. The van der Waals surface area contributed by atoms with Crippen molar-refractivity contribution in [1.82, 2.24) is 4.98 Å². The zero-order valence-electron chi connectivity index (χ0n) is 16.1. The predicted molar refractivity (Wildman–Crippen MR) is 108 cm³/mol. The van der Waals surface area contributed by atoms with E-state index in [-0.39, 0.29) is 18.2 Å². The quantitative estimate of drug-likeness (QED) is 0.456. The third-order valence-electron chi connectivity index (χ3n) is 5.25. The summed E-state index contributed by atoms with van der Waals surface area (Å²) in [4.78, 5) is 25.9. The van der Waals surface area contributed by atoms with E-state index in [9.17, 15) is 14.9 Å². The summed E-state index contributed by atoms with van der Waals surface area (Å²) in [6, 6.07) is 11.9. The molecule has 1 atom stereocenters. The Hall–Kier alpha value is -3.68. The van der Waals surface area contributed by atoms with Gasteiger partial charge in [0, 0.05) is 17.7 Å². The summed E-state index contributed by atoms with van der Waals surface area (Å²) in [5, 5.41) is 19.9. The molecular weight excluding hydrogens is 388 g/mol. The zero-order valence-corrected chi connectivity index (χ0v) is 16.1. The Morgan fingerprint density at radius 1 is 1.30 bits per heavy atom. The van der Waals surface area contributed by atoms with E-state index >= 15 is 0 Å². The molecule has 1 N–H and O–H groups in total. The van der Waals surface area contributed by atoms with E-state index in [1.165, 1.54) is 12.1 Å². The number of fused-ring (bicyclic) bond motifs is 1. The second kappa shape index (κ2) is 8.36. The number of aliphatic carboxylic acids is 1. The van der Waals surface area contributed by atoms with Crippen LogP contribution in [-0.4, -0.2) is 27.6 Å². The van der Waals surface area contributed by atoms with E-state index in [0.29, 0.717) is 23.6 Å². The van der Waals surface area contributed by atoms with Gasteiger partial charge in [-0.25, -0.2) is 9.78 Å². The molecule has 0 aliphatic heterocycles. The van der Waals surface area contributed by atoms with Crippen molar-refractivity contribution in [3.63, 3.8) is 0 Å². The summed E-state index contributed by atoms with van der Waals surface area (Å²) in [6.07, 6.45) is 5.05. The maximum atomic E-state index is 11.0. The molecule has 0 saturated carbocycles. The first kappa shape index (κ1) is 19.6. The fraction of sp³-hybridized carbons (Fsp3) is 0.273. The van der Waals surface area contributed by atoms with Gasteiger partial charge < -0.3 is 14.3 Å². The number of nitrogens with zero attached hydrogens (tertiary/aromatic N) is 2. The third kappa shape index (κ3) is 4.17. The van der Waals surface area contributed by atoms with Crippen LogP contribution >= 0.6 is 0 Å². The first-order valence-electron chi connectivity index (χ1n) is 9.67. The van der Waals surface area contributed by atoms with Gasteiger partial charge in [-0.15, -0.1) is 0 Å². The summed E-state index contributed by atoms with van der Waals surface area (Å²) < 4.78 is 11.0. The summed E-state index contributed by atoms with van der Waals surface area (Å²) in [6.45, 7) is -0.364. The second-order valence-corrected chi connectivity index (χ2v) is 7.25. The van der Waals surface area contributed by atoms with E-state index in [0.717, 1.165) is 36.1 Å². The molecule has 8 nitrogen and oxygen atoms in total. The Bertz CT molecular complexity index is 1090. The number of aromatic nitrogens is 1. The van der Waals surface area contributed by atoms with Crippen LogP contribution in [0.4, 0.5) is 5.69 Å². The van der Waals surface area contributed by atoms with E-state index in [1.807, 2.05) is 12.1 Å². The number of hydrogen-bond donors (Lipinski definition) is 1. The first-order chi connectivity index (χ1) is 14.5. The van der Waals surface area contributed by atoms with E-state index < -0.39 is 10.9 Å². The Morgan fingerprint density at radius 3 is 2.93 bits per heavy atom. The highest BCUT2D eigenvalue weighted by atomic mass is 16.6. The summed E-state index contributed by atoms with van der Waals surface area (Å²) in [5.74, 6) is 0.182. The van der Waals surface area contributed by atoms with Gasteiger partial charge in [0.25, 0.3) is 5.69 Å². The third-order valence-corrected chi connectivity index (χ3v) is 5.25. The van der Waals surface area contributed by atoms with Gasteiger partial charge in [0.2, 0.25) is 5.89 Å². The predicted octanol–water partition coefficient (Wildman–Crippen LogP) is 4.38. The lowest BCUT2D eigenvalue weighted by atomic mass is 9.80. The van der Waals surface area contributed by atoms with Gasteiger partial charge in [0.15, 0.2) is 6.61 Å². The molecule has 2 aromatic carbocycles. The molecule has 3 aromatic rings. The van der Waals surface area contributed by atoms with Crippen molar-refractivity contribution in [3.05, 3.63) is 75.7 Å². The first-order valence-corrected chi connectivity index (χ1v) is 9.67. The number of nitro groups is 1. The number of ether oxygens (including phenoxy) is 1. The van der Waals surface area contributed by atoms with Crippen molar-refractivity contribution in [2.24, 2.45) is 0 Å². The molecule has 1 aliphatic rings. The standard InChI is InChI=1S/C22H20N2O6/c25-21(26)13-29-20-9-3-7-18-14(4-2-8-19(18)20)10-16-12-30-22(23-16)15-5-1-6-17(11-15)24(27)28/h1,3,5-7,9,11-12,14H,2,4,8,10,13H2,(H,25,26). The maximum absolute atomic E-state index is 11.0. The minimum atomic E-state index is -1.00. The number of nitro benzene ring substituents is 1. The van der Waals surface area contributed by atoms with Gasteiger partial charge in [0.1, 0.15) is 12.0 Å². The average molecular weight is 408 g/mol. The van der Waals surface area contributed by atoms with Gasteiger partial charge in [-0.3, -0.25) is 10.1 Å². The van der Waals surface area contributed by atoms with Crippen molar-refractivity contribution in [2.75, 3.05) is 6.61 Å². The number of hydrogen-bond acceptors (Lipinski definition) is 6. The van der Waals surface area contributed by atoms with Crippen LogP contribution in [0.25, 0.3) is 11.5 Å². The van der Waals surface area contributed by atoms with E-state index in [4.69, 9.17) is 14.3 Å². The molecule has 1 aromatic heterocycles. The minimum absolute atomic E-state index is 0.0117.